The zero-order valence-corrected chi connectivity index (χ0v) is 11.1. The van der Waals surface area contributed by atoms with Gasteiger partial charge in [-0.2, -0.15) is 0 Å². The first-order valence-corrected chi connectivity index (χ1v) is 6.69. The zero-order chi connectivity index (χ0) is 13.8. The van der Waals surface area contributed by atoms with E-state index in [1.807, 2.05) is 11.8 Å². The highest BCUT2D eigenvalue weighted by Gasteiger charge is 2.31. The Morgan fingerprint density at radius 3 is 2.89 bits per heavy atom. The molecule has 0 aromatic carbocycles. The minimum atomic E-state index is -0.782. The first kappa shape index (κ1) is 13.9. The third-order valence-electron chi connectivity index (χ3n) is 3.76. The molecule has 0 aliphatic carbocycles. The second-order valence-corrected chi connectivity index (χ2v) is 5.02. The molecular weight excluding hydrogens is 247 g/mol. The third kappa shape index (κ3) is 3.29. The van der Waals surface area contributed by atoms with Crippen LogP contribution in [0.5, 0.6) is 0 Å². The van der Waals surface area contributed by atoms with Crippen LogP contribution in [0, 0.1) is 5.82 Å². The Hall–Kier alpha value is -1.49. The molecule has 1 N–H and O–H groups in total. The van der Waals surface area contributed by atoms with Crippen LogP contribution in [0.2, 0.25) is 0 Å². The Morgan fingerprint density at radius 1 is 1.47 bits per heavy atom. The van der Waals surface area contributed by atoms with E-state index < -0.39 is 12.0 Å². The second kappa shape index (κ2) is 6.10. The molecule has 2 unspecified atom stereocenters. The summed E-state index contributed by atoms with van der Waals surface area (Å²) in [6, 6.07) is 2.42. The van der Waals surface area contributed by atoms with E-state index in [4.69, 9.17) is 0 Å². The zero-order valence-electron chi connectivity index (χ0n) is 11.1. The van der Waals surface area contributed by atoms with Crippen LogP contribution in [0.1, 0.15) is 44.3 Å². The van der Waals surface area contributed by atoms with E-state index >= 15 is 0 Å². The van der Waals surface area contributed by atoms with Crippen LogP contribution in [0.15, 0.2) is 18.3 Å². The van der Waals surface area contributed by atoms with Crippen molar-refractivity contribution in [2.75, 3.05) is 6.54 Å². The number of hydrogen-bond acceptors (Lipinski definition) is 3. The molecule has 1 aromatic rings. The Balaban J connectivity index is 2.20. The molecular formula is C14H19FN2O2. The highest BCUT2D eigenvalue weighted by molar-refractivity contribution is 5.73. The Bertz CT molecular complexity index is 436. The number of aromatic nitrogens is 1. The number of carboxylic acids is 1. The van der Waals surface area contributed by atoms with E-state index in [1.165, 1.54) is 12.3 Å². The molecule has 2 heterocycles. The number of carbonyl (C=O) groups is 1. The van der Waals surface area contributed by atoms with Crippen molar-refractivity contribution in [1.29, 1.82) is 0 Å². The van der Waals surface area contributed by atoms with Crippen LogP contribution in [-0.4, -0.2) is 33.5 Å². The minimum absolute atomic E-state index is 0.111. The fraction of sp³-hybridized carbons (Fsp3) is 0.571. The topological polar surface area (TPSA) is 53.4 Å². The van der Waals surface area contributed by atoms with Gasteiger partial charge in [-0.25, -0.2) is 4.39 Å². The van der Waals surface area contributed by atoms with E-state index in [1.54, 1.807) is 6.07 Å². The van der Waals surface area contributed by atoms with Crippen molar-refractivity contribution in [2.45, 2.75) is 44.7 Å². The van der Waals surface area contributed by atoms with Gasteiger partial charge in [0.1, 0.15) is 11.9 Å². The van der Waals surface area contributed by atoms with Crippen molar-refractivity contribution in [1.82, 2.24) is 9.88 Å². The molecule has 4 nitrogen and oxygen atoms in total. The van der Waals surface area contributed by atoms with Crippen molar-refractivity contribution in [3.05, 3.63) is 29.8 Å². The van der Waals surface area contributed by atoms with Gasteiger partial charge in [-0.3, -0.25) is 14.7 Å². The lowest BCUT2D eigenvalue weighted by atomic mass is 10.1. The van der Waals surface area contributed by atoms with Crippen LogP contribution in [0.25, 0.3) is 0 Å². The highest BCUT2D eigenvalue weighted by atomic mass is 19.1. The summed E-state index contributed by atoms with van der Waals surface area (Å²) in [5.74, 6) is -1.16. The molecule has 5 heteroatoms. The number of rotatable bonds is 3. The Kier molecular flexibility index (Phi) is 4.47. The first-order valence-electron chi connectivity index (χ1n) is 6.69. The van der Waals surface area contributed by atoms with Crippen LogP contribution in [-0.2, 0) is 4.79 Å². The van der Waals surface area contributed by atoms with Gasteiger partial charge in [-0.1, -0.05) is 12.8 Å². The van der Waals surface area contributed by atoms with Gasteiger partial charge in [0.2, 0.25) is 0 Å². The van der Waals surface area contributed by atoms with Crippen LogP contribution >= 0.6 is 0 Å². The monoisotopic (exact) mass is 266 g/mol. The SMILES string of the molecule is CC(c1ccc(F)cn1)N1CCCCCC1C(=O)O. The maximum absolute atomic E-state index is 12.9. The maximum atomic E-state index is 12.9. The lowest BCUT2D eigenvalue weighted by Crippen LogP contribution is -2.42. The van der Waals surface area contributed by atoms with E-state index in [2.05, 4.69) is 4.98 Å². The lowest BCUT2D eigenvalue weighted by molar-refractivity contribution is -0.144. The van der Waals surface area contributed by atoms with E-state index in [9.17, 15) is 14.3 Å². The molecule has 19 heavy (non-hydrogen) atoms. The van der Waals surface area contributed by atoms with Crippen LogP contribution < -0.4 is 0 Å². The summed E-state index contributed by atoms with van der Waals surface area (Å²) in [5, 5.41) is 9.35. The van der Waals surface area contributed by atoms with Gasteiger partial charge in [0.25, 0.3) is 0 Å². The summed E-state index contributed by atoms with van der Waals surface area (Å²) in [6.45, 7) is 2.68. The second-order valence-electron chi connectivity index (χ2n) is 5.02. The smallest absolute Gasteiger partial charge is 0.320 e. The first-order chi connectivity index (χ1) is 9.09. The molecule has 2 atom stereocenters. The molecule has 0 radical (unpaired) electrons. The summed E-state index contributed by atoms with van der Waals surface area (Å²) in [7, 11) is 0. The van der Waals surface area contributed by atoms with Crippen molar-refractivity contribution < 1.29 is 14.3 Å². The molecule has 0 spiro atoms. The summed E-state index contributed by atoms with van der Waals surface area (Å²) in [5.41, 5.74) is 0.717. The van der Waals surface area contributed by atoms with Crippen molar-refractivity contribution in [3.8, 4) is 0 Å². The highest BCUT2D eigenvalue weighted by Crippen LogP contribution is 2.26. The number of carboxylic acid groups (broad SMARTS) is 1. The van der Waals surface area contributed by atoms with Crippen LogP contribution in [0.4, 0.5) is 4.39 Å². The van der Waals surface area contributed by atoms with Gasteiger partial charge in [0, 0.05) is 0 Å². The quantitative estimate of drug-likeness (QED) is 0.913. The third-order valence-corrected chi connectivity index (χ3v) is 3.76. The summed E-state index contributed by atoms with van der Waals surface area (Å²) in [4.78, 5) is 17.4. The van der Waals surface area contributed by atoms with Gasteiger partial charge in [-0.15, -0.1) is 0 Å². The molecule has 2 rings (SSSR count). The summed E-state index contributed by atoms with van der Waals surface area (Å²) >= 11 is 0. The van der Waals surface area contributed by atoms with E-state index in [0.29, 0.717) is 6.42 Å². The molecule has 1 aromatic heterocycles. The average molecular weight is 266 g/mol. The molecule has 0 amide bonds. The van der Waals surface area contributed by atoms with Gasteiger partial charge >= 0.3 is 5.97 Å². The average Bonchev–Trinajstić information content (AvgIpc) is 2.64. The number of nitrogens with zero attached hydrogens (tertiary/aromatic N) is 2. The Morgan fingerprint density at radius 2 is 2.26 bits per heavy atom. The van der Waals surface area contributed by atoms with Gasteiger partial charge in [0.15, 0.2) is 0 Å². The fourth-order valence-corrected chi connectivity index (χ4v) is 2.66. The molecule has 0 saturated carbocycles. The maximum Gasteiger partial charge on any atom is 0.320 e. The molecule has 1 aliphatic rings. The van der Waals surface area contributed by atoms with Crippen molar-refractivity contribution in [3.63, 3.8) is 0 Å². The molecule has 104 valence electrons. The number of hydrogen-bond donors (Lipinski definition) is 1. The summed E-state index contributed by atoms with van der Waals surface area (Å²) in [6.07, 6.45) is 4.84. The number of pyridine rings is 1. The summed E-state index contributed by atoms with van der Waals surface area (Å²) < 4.78 is 12.9. The molecule has 1 aliphatic heterocycles. The fourth-order valence-electron chi connectivity index (χ4n) is 2.66. The molecule has 0 bridgehead atoms. The van der Waals surface area contributed by atoms with E-state index in [0.717, 1.165) is 31.5 Å². The molecule has 1 fully saturated rings. The predicted octanol–water partition coefficient (Wildman–Crippen LogP) is 2.61. The standard InChI is InChI=1S/C14H19FN2O2/c1-10(12-7-6-11(15)9-16-12)17-8-4-2-3-5-13(17)14(18)19/h6-7,9-10,13H,2-5,8H2,1H3,(H,18,19). The minimum Gasteiger partial charge on any atom is -0.480 e. The van der Waals surface area contributed by atoms with Crippen molar-refractivity contribution >= 4 is 5.97 Å². The number of aliphatic carboxylic acids is 1. The van der Waals surface area contributed by atoms with E-state index in [-0.39, 0.29) is 11.9 Å². The van der Waals surface area contributed by atoms with Crippen LogP contribution in [0.3, 0.4) is 0 Å². The lowest BCUT2D eigenvalue weighted by Gasteiger charge is -2.32. The normalized spacial score (nSPS) is 22.7. The van der Waals surface area contributed by atoms with Gasteiger partial charge in [-0.05, 0) is 38.4 Å². The van der Waals surface area contributed by atoms with Crippen molar-refractivity contribution in [2.24, 2.45) is 0 Å². The largest absolute Gasteiger partial charge is 0.480 e. The number of halogens is 1. The van der Waals surface area contributed by atoms with Gasteiger partial charge in [0.05, 0.1) is 17.9 Å². The number of likely N-dealkylation sites (tertiary alicyclic amines) is 1. The molecule has 1 saturated heterocycles. The predicted molar refractivity (Wildman–Crippen MR) is 69.2 cm³/mol. The Labute approximate surface area is 112 Å². The van der Waals surface area contributed by atoms with Gasteiger partial charge < -0.3 is 5.11 Å².